The first-order valence-corrected chi connectivity index (χ1v) is 8.10. The highest BCUT2D eigenvalue weighted by molar-refractivity contribution is 6.42. The van der Waals surface area contributed by atoms with Gasteiger partial charge in [0.25, 0.3) is 0 Å². The number of morpholine rings is 1. The molecular formula is C15H18Cl2N2O3. The SMILES string of the molecule is O=C(N[C@H]1CCc2c1ccc(Cl)c2Cl)N1CCO[C@@H](CO)C1. The second-order valence-corrected chi connectivity index (χ2v) is 6.38. The molecule has 2 amide bonds. The number of aliphatic hydroxyl groups is 1. The van der Waals surface area contributed by atoms with Crippen molar-refractivity contribution in [2.45, 2.75) is 25.0 Å². The summed E-state index contributed by atoms with van der Waals surface area (Å²) in [5.74, 6) is 0. The largest absolute Gasteiger partial charge is 0.394 e. The number of halogens is 2. The molecule has 22 heavy (non-hydrogen) atoms. The minimum atomic E-state index is -0.302. The van der Waals surface area contributed by atoms with Crippen LogP contribution < -0.4 is 5.32 Å². The topological polar surface area (TPSA) is 61.8 Å². The number of ether oxygens (including phenoxy) is 1. The molecule has 2 atom stereocenters. The van der Waals surface area contributed by atoms with Gasteiger partial charge in [-0.2, -0.15) is 0 Å². The molecular weight excluding hydrogens is 327 g/mol. The molecule has 2 N–H and O–H groups in total. The van der Waals surface area contributed by atoms with Gasteiger partial charge in [-0.25, -0.2) is 4.79 Å². The first-order chi connectivity index (χ1) is 10.6. The average molecular weight is 345 g/mol. The van der Waals surface area contributed by atoms with Crippen molar-refractivity contribution in [1.29, 1.82) is 0 Å². The van der Waals surface area contributed by atoms with Crippen LogP contribution >= 0.6 is 23.2 Å². The van der Waals surface area contributed by atoms with Crippen LogP contribution in [-0.2, 0) is 11.2 Å². The fourth-order valence-corrected chi connectivity index (χ4v) is 3.48. The third-order valence-electron chi connectivity index (χ3n) is 4.22. The number of nitrogens with one attached hydrogen (secondary N) is 1. The minimum Gasteiger partial charge on any atom is -0.394 e. The number of hydrogen-bond acceptors (Lipinski definition) is 3. The fourth-order valence-electron chi connectivity index (χ4n) is 3.04. The number of benzene rings is 1. The first-order valence-electron chi connectivity index (χ1n) is 7.35. The molecule has 0 unspecified atom stereocenters. The van der Waals surface area contributed by atoms with E-state index in [1.807, 2.05) is 6.07 Å². The van der Waals surface area contributed by atoms with Gasteiger partial charge in [0.2, 0.25) is 0 Å². The molecule has 2 aliphatic rings. The van der Waals surface area contributed by atoms with Crippen LogP contribution in [-0.4, -0.2) is 48.4 Å². The minimum absolute atomic E-state index is 0.0484. The molecule has 3 rings (SSSR count). The van der Waals surface area contributed by atoms with E-state index in [2.05, 4.69) is 5.32 Å². The summed E-state index contributed by atoms with van der Waals surface area (Å²) in [5.41, 5.74) is 2.06. The lowest BCUT2D eigenvalue weighted by atomic mass is 10.1. The van der Waals surface area contributed by atoms with E-state index in [9.17, 15) is 4.79 Å². The molecule has 1 saturated heterocycles. The van der Waals surface area contributed by atoms with Gasteiger partial charge in [-0.15, -0.1) is 0 Å². The number of hydrogen-bond donors (Lipinski definition) is 2. The van der Waals surface area contributed by atoms with Crippen LogP contribution in [0.25, 0.3) is 0 Å². The van der Waals surface area contributed by atoms with Crippen LogP contribution in [0.15, 0.2) is 12.1 Å². The van der Waals surface area contributed by atoms with Crippen molar-refractivity contribution in [3.05, 3.63) is 33.3 Å². The maximum atomic E-state index is 12.4. The summed E-state index contributed by atoms with van der Waals surface area (Å²) in [6, 6.07) is 3.51. The number of carbonyl (C=O) groups excluding carboxylic acids is 1. The number of carbonyl (C=O) groups is 1. The van der Waals surface area contributed by atoms with Crippen molar-refractivity contribution < 1.29 is 14.6 Å². The van der Waals surface area contributed by atoms with Gasteiger partial charge < -0.3 is 20.1 Å². The smallest absolute Gasteiger partial charge is 0.318 e. The highest BCUT2D eigenvalue weighted by atomic mass is 35.5. The van der Waals surface area contributed by atoms with E-state index in [4.69, 9.17) is 33.0 Å². The average Bonchev–Trinajstić information content (AvgIpc) is 2.94. The number of aliphatic hydroxyl groups excluding tert-OH is 1. The van der Waals surface area contributed by atoms with E-state index < -0.39 is 0 Å². The standard InChI is InChI=1S/C15H18Cl2N2O3/c16-12-3-1-10-11(14(12)17)2-4-13(10)18-15(21)19-5-6-22-9(7-19)8-20/h1,3,9,13,20H,2,4-8H2,(H,18,21)/t9-,13+/m1/s1. The van der Waals surface area contributed by atoms with Crippen molar-refractivity contribution in [3.63, 3.8) is 0 Å². The van der Waals surface area contributed by atoms with Gasteiger partial charge in [-0.05, 0) is 30.0 Å². The second-order valence-electron chi connectivity index (χ2n) is 5.59. The Labute approximate surface area is 139 Å². The quantitative estimate of drug-likeness (QED) is 0.865. The number of amides is 2. The van der Waals surface area contributed by atoms with Crippen molar-refractivity contribution >= 4 is 29.2 Å². The van der Waals surface area contributed by atoms with Crippen LogP contribution in [0.5, 0.6) is 0 Å². The zero-order valence-corrected chi connectivity index (χ0v) is 13.5. The second kappa shape index (κ2) is 6.62. The molecule has 1 aliphatic heterocycles. The lowest BCUT2D eigenvalue weighted by Gasteiger charge is -2.33. The molecule has 0 spiro atoms. The zero-order chi connectivity index (χ0) is 15.7. The lowest BCUT2D eigenvalue weighted by molar-refractivity contribution is -0.0405. The van der Waals surface area contributed by atoms with E-state index in [0.29, 0.717) is 29.7 Å². The Kier molecular flexibility index (Phi) is 4.78. The number of fused-ring (bicyclic) bond motifs is 1. The van der Waals surface area contributed by atoms with E-state index >= 15 is 0 Å². The maximum absolute atomic E-state index is 12.4. The highest BCUT2D eigenvalue weighted by Crippen LogP contribution is 2.39. The van der Waals surface area contributed by atoms with Gasteiger partial charge in [-0.1, -0.05) is 29.3 Å². The summed E-state index contributed by atoms with van der Waals surface area (Å²) in [5, 5.41) is 13.3. The number of urea groups is 1. The monoisotopic (exact) mass is 344 g/mol. The molecule has 1 aromatic rings. The maximum Gasteiger partial charge on any atom is 0.318 e. The van der Waals surface area contributed by atoms with Gasteiger partial charge in [0.15, 0.2) is 0 Å². The fraction of sp³-hybridized carbons (Fsp3) is 0.533. The molecule has 7 heteroatoms. The van der Waals surface area contributed by atoms with Crippen LogP contribution in [0.3, 0.4) is 0 Å². The van der Waals surface area contributed by atoms with E-state index in [0.717, 1.165) is 24.0 Å². The molecule has 0 radical (unpaired) electrons. The summed E-state index contributed by atoms with van der Waals surface area (Å²) in [7, 11) is 0. The summed E-state index contributed by atoms with van der Waals surface area (Å²) in [6.45, 7) is 1.30. The van der Waals surface area contributed by atoms with Crippen molar-refractivity contribution in [2.24, 2.45) is 0 Å². The van der Waals surface area contributed by atoms with Crippen molar-refractivity contribution in [1.82, 2.24) is 10.2 Å². The summed E-state index contributed by atoms with van der Waals surface area (Å²) >= 11 is 12.3. The Morgan fingerprint density at radius 2 is 2.27 bits per heavy atom. The van der Waals surface area contributed by atoms with E-state index in [-0.39, 0.29) is 24.8 Å². The zero-order valence-electron chi connectivity index (χ0n) is 12.0. The van der Waals surface area contributed by atoms with Gasteiger partial charge in [0, 0.05) is 6.54 Å². The van der Waals surface area contributed by atoms with Crippen LogP contribution in [0.2, 0.25) is 10.0 Å². The van der Waals surface area contributed by atoms with Crippen LogP contribution in [0.4, 0.5) is 4.79 Å². The Morgan fingerprint density at radius 3 is 3.05 bits per heavy atom. The number of nitrogens with zero attached hydrogens (tertiary/aromatic N) is 1. The molecule has 0 aromatic heterocycles. The van der Waals surface area contributed by atoms with Gasteiger partial charge >= 0.3 is 6.03 Å². The predicted octanol–water partition coefficient (Wildman–Crippen LogP) is 2.38. The number of rotatable bonds is 2. The van der Waals surface area contributed by atoms with E-state index in [1.54, 1.807) is 11.0 Å². The van der Waals surface area contributed by atoms with Gasteiger partial charge in [0.05, 0.1) is 41.9 Å². The van der Waals surface area contributed by atoms with Crippen LogP contribution in [0, 0.1) is 0 Å². The van der Waals surface area contributed by atoms with Crippen LogP contribution in [0.1, 0.15) is 23.6 Å². The Hall–Kier alpha value is -1.01. The predicted molar refractivity (Wildman–Crippen MR) is 84.5 cm³/mol. The van der Waals surface area contributed by atoms with Crippen molar-refractivity contribution in [2.75, 3.05) is 26.3 Å². The third kappa shape index (κ3) is 3.04. The Bertz CT molecular complexity index is 582. The highest BCUT2D eigenvalue weighted by Gasteiger charge is 2.30. The Balaban J connectivity index is 1.68. The molecule has 1 aromatic carbocycles. The van der Waals surface area contributed by atoms with E-state index in [1.165, 1.54) is 0 Å². The lowest BCUT2D eigenvalue weighted by Crippen LogP contribution is -2.51. The molecule has 120 valence electrons. The first kappa shape index (κ1) is 15.9. The molecule has 1 aliphatic carbocycles. The molecule has 0 bridgehead atoms. The van der Waals surface area contributed by atoms with Crippen molar-refractivity contribution in [3.8, 4) is 0 Å². The third-order valence-corrected chi connectivity index (χ3v) is 5.06. The normalized spacial score (nSPS) is 24.2. The summed E-state index contributed by atoms with van der Waals surface area (Å²) in [4.78, 5) is 14.1. The summed E-state index contributed by atoms with van der Waals surface area (Å²) in [6.07, 6.45) is 1.32. The van der Waals surface area contributed by atoms with Gasteiger partial charge in [-0.3, -0.25) is 0 Å². The summed E-state index contributed by atoms with van der Waals surface area (Å²) < 4.78 is 5.36. The molecule has 1 fully saturated rings. The van der Waals surface area contributed by atoms with Gasteiger partial charge in [0.1, 0.15) is 0 Å². The molecule has 5 nitrogen and oxygen atoms in total. The molecule has 1 heterocycles. The Morgan fingerprint density at radius 1 is 1.45 bits per heavy atom. The molecule has 0 saturated carbocycles.